The summed E-state index contributed by atoms with van der Waals surface area (Å²) in [4.78, 5) is 42.5. The normalized spacial score (nSPS) is 13.7. The summed E-state index contributed by atoms with van der Waals surface area (Å²) >= 11 is 1.59. The van der Waals surface area contributed by atoms with Gasteiger partial charge >= 0.3 is 6.09 Å². The zero-order valence-corrected chi connectivity index (χ0v) is 24.9. The van der Waals surface area contributed by atoms with Gasteiger partial charge in [0.05, 0.1) is 0 Å². The van der Waals surface area contributed by atoms with Crippen LogP contribution in [-0.4, -0.2) is 58.0 Å². The highest BCUT2D eigenvalue weighted by Crippen LogP contribution is 2.34. The molecular formula is C28H47N3O4S. The summed E-state index contributed by atoms with van der Waals surface area (Å²) in [6, 6.07) is 4.04. The first-order chi connectivity index (χ1) is 16.6. The fourth-order valence-corrected chi connectivity index (χ4v) is 4.36. The van der Waals surface area contributed by atoms with E-state index >= 15 is 0 Å². The molecule has 0 bridgehead atoms. The SMILES string of the molecule is CCC(C)(C)N(C(=O)C(CCSC)NC(=O)OC(C)(C)C)C(C(=O)NC(C)C)c1cccc(C)c1C. The molecule has 0 spiro atoms. The number of benzene rings is 1. The summed E-state index contributed by atoms with van der Waals surface area (Å²) < 4.78 is 5.46. The molecule has 0 radical (unpaired) electrons. The lowest BCUT2D eigenvalue weighted by Gasteiger charge is -2.45. The van der Waals surface area contributed by atoms with Crippen LogP contribution in [0.5, 0.6) is 0 Å². The third kappa shape index (κ3) is 9.02. The van der Waals surface area contributed by atoms with Gasteiger partial charge in [0.15, 0.2) is 0 Å². The molecule has 1 aromatic rings. The lowest BCUT2D eigenvalue weighted by molar-refractivity contribution is -0.149. The van der Waals surface area contributed by atoms with Crippen molar-refractivity contribution in [1.29, 1.82) is 0 Å². The van der Waals surface area contributed by atoms with Gasteiger partial charge in [0.2, 0.25) is 11.8 Å². The van der Waals surface area contributed by atoms with Crippen LogP contribution in [-0.2, 0) is 14.3 Å². The summed E-state index contributed by atoms with van der Waals surface area (Å²) in [7, 11) is 0. The van der Waals surface area contributed by atoms with Crippen molar-refractivity contribution >= 4 is 29.7 Å². The topological polar surface area (TPSA) is 87.7 Å². The molecule has 0 aliphatic carbocycles. The lowest BCUT2D eigenvalue weighted by Crippen LogP contribution is -2.59. The second kappa shape index (κ2) is 13.4. The minimum atomic E-state index is -0.855. The van der Waals surface area contributed by atoms with Crippen LogP contribution < -0.4 is 10.6 Å². The van der Waals surface area contributed by atoms with Crippen molar-refractivity contribution in [3.8, 4) is 0 Å². The van der Waals surface area contributed by atoms with Crippen LogP contribution >= 0.6 is 11.8 Å². The quantitative estimate of drug-likeness (QED) is 0.400. The first kappa shape index (κ1) is 31.8. The zero-order chi connectivity index (χ0) is 27.8. The number of alkyl carbamates (subject to hydrolysis) is 1. The first-order valence-corrected chi connectivity index (χ1v) is 14.1. The summed E-state index contributed by atoms with van der Waals surface area (Å²) in [5.41, 5.74) is 1.43. The van der Waals surface area contributed by atoms with E-state index in [1.54, 1.807) is 37.4 Å². The highest BCUT2D eigenvalue weighted by molar-refractivity contribution is 7.98. The Morgan fingerprint density at radius 2 is 1.67 bits per heavy atom. The number of hydrogen-bond donors (Lipinski definition) is 2. The van der Waals surface area contributed by atoms with Crippen molar-refractivity contribution in [2.45, 2.75) is 111 Å². The Kier molecular flexibility index (Phi) is 11.8. The minimum absolute atomic E-state index is 0.0982. The molecule has 2 N–H and O–H groups in total. The van der Waals surface area contributed by atoms with Crippen LogP contribution in [0.4, 0.5) is 4.79 Å². The molecular weight excluding hydrogens is 474 g/mol. The molecule has 1 rings (SSSR count). The Balaban J connectivity index is 3.69. The van der Waals surface area contributed by atoms with Crippen molar-refractivity contribution < 1.29 is 19.1 Å². The van der Waals surface area contributed by atoms with E-state index in [0.29, 0.717) is 18.6 Å². The van der Waals surface area contributed by atoms with E-state index in [0.717, 1.165) is 16.7 Å². The van der Waals surface area contributed by atoms with E-state index in [4.69, 9.17) is 4.74 Å². The second-order valence-corrected chi connectivity index (χ2v) is 12.2. The standard InChI is InChI=1S/C28H47N3O4S/c1-12-28(9,10)31(25(33)22(16-17-36-11)30-26(34)35-27(6,7)8)23(24(32)29-18(2)3)21-15-13-14-19(4)20(21)5/h13-15,18,22-23H,12,16-17H2,1-11H3,(H,29,32)(H,30,34). The molecule has 0 aliphatic rings. The van der Waals surface area contributed by atoms with E-state index < -0.39 is 29.3 Å². The first-order valence-electron chi connectivity index (χ1n) is 12.7. The molecule has 204 valence electrons. The van der Waals surface area contributed by atoms with Gasteiger partial charge in [-0.15, -0.1) is 0 Å². The number of nitrogens with one attached hydrogen (secondary N) is 2. The van der Waals surface area contributed by atoms with E-state index in [-0.39, 0.29) is 17.9 Å². The molecule has 3 amide bonds. The third-order valence-corrected chi connectivity index (χ3v) is 6.88. The van der Waals surface area contributed by atoms with Crippen LogP contribution in [0, 0.1) is 13.8 Å². The Hall–Kier alpha value is -2.22. The molecule has 0 heterocycles. The van der Waals surface area contributed by atoms with E-state index in [1.165, 1.54) is 0 Å². The van der Waals surface area contributed by atoms with Gasteiger partial charge in [0.25, 0.3) is 0 Å². The van der Waals surface area contributed by atoms with Crippen LogP contribution in [0.1, 0.15) is 91.0 Å². The second-order valence-electron chi connectivity index (χ2n) is 11.2. The highest BCUT2D eigenvalue weighted by atomic mass is 32.2. The number of aryl methyl sites for hydroxylation is 1. The summed E-state index contributed by atoms with van der Waals surface area (Å²) in [6.45, 7) is 19.1. The van der Waals surface area contributed by atoms with Gasteiger partial charge in [-0.05, 0) is 104 Å². The zero-order valence-electron chi connectivity index (χ0n) is 24.1. The van der Waals surface area contributed by atoms with Gasteiger partial charge in [-0.2, -0.15) is 11.8 Å². The highest BCUT2D eigenvalue weighted by Gasteiger charge is 2.43. The van der Waals surface area contributed by atoms with Gasteiger partial charge in [0, 0.05) is 11.6 Å². The third-order valence-electron chi connectivity index (χ3n) is 6.23. The Morgan fingerprint density at radius 3 is 2.17 bits per heavy atom. The summed E-state index contributed by atoms with van der Waals surface area (Å²) in [5.74, 6) is 0.125. The molecule has 0 saturated carbocycles. The molecule has 0 fully saturated rings. The number of nitrogens with zero attached hydrogens (tertiary/aromatic N) is 1. The van der Waals surface area contributed by atoms with Gasteiger partial charge in [-0.25, -0.2) is 4.79 Å². The maximum absolute atomic E-state index is 14.3. The van der Waals surface area contributed by atoms with Gasteiger partial charge < -0.3 is 20.3 Å². The van der Waals surface area contributed by atoms with Crippen molar-refractivity contribution in [3.05, 3.63) is 34.9 Å². The minimum Gasteiger partial charge on any atom is -0.444 e. The molecule has 2 unspecified atom stereocenters. The van der Waals surface area contributed by atoms with E-state index in [1.807, 2.05) is 72.9 Å². The predicted molar refractivity (Wildman–Crippen MR) is 149 cm³/mol. The number of rotatable bonds is 11. The number of thioether (sulfide) groups is 1. The number of ether oxygens (including phenoxy) is 1. The average molecular weight is 522 g/mol. The van der Waals surface area contributed by atoms with E-state index in [2.05, 4.69) is 10.6 Å². The smallest absolute Gasteiger partial charge is 0.408 e. The van der Waals surface area contributed by atoms with Crippen LogP contribution in [0.3, 0.4) is 0 Å². The molecule has 0 saturated heterocycles. The van der Waals surface area contributed by atoms with Crippen LogP contribution in [0.15, 0.2) is 18.2 Å². The summed E-state index contributed by atoms with van der Waals surface area (Å²) in [5, 5.41) is 5.82. The van der Waals surface area contributed by atoms with Crippen molar-refractivity contribution in [2.24, 2.45) is 0 Å². The Morgan fingerprint density at radius 1 is 1.06 bits per heavy atom. The average Bonchev–Trinajstić information content (AvgIpc) is 2.74. The van der Waals surface area contributed by atoms with Gasteiger partial charge in [-0.3, -0.25) is 9.59 Å². The van der Waals surface area contributed by atoms with Gasteiger partial charge in [0.1, 0.15) is 17.7 Å². The Labute approximate surface area is 222 Å². The molecule has 7 nitrogen and oxygen atoms in total. The molecule has 8 heteroatoms. The van der Waals surface area contributed by atoms with Crippen molar-refractivity contribution in [3.63, 3.8) is 0 Å². The maximum atomic E-state index is 14.3. The van der Waals surface area contributed by atoms with Crippen LogP contribution in [0.2, 0.25) is 0 Å². The fourth-order valence-electron chi connectivity index (χ4n) is 3.89. The van der Waals surface area contributed by atoms with Gasteiger partial charge in [-0.1, -0.05) is 25.1 Å². The monoisotopic (exact) mass is 521 g/mol. The molecule has 0 aromatic heterocycles. The van der Waals surface area contributed by atoms with Crippen LogP contribution in [0.25, 0.3) is 0 Å². The summed E-state index contributed by atoms with van der Waals surface area (Å²) in [6.07, 6.45) is 2.35. The number of carbonyl (C=O) groups is 3. The molecule has 36 heavy (non-hydrogen) atoms. The molecule has 0 aliphatic heterocycles. The largest absolute Gasteiger partial charge is 0.444 e. The van der Waals surface area contributed by atoms with Crippen molar-refractivity contribution in [1.82, 2.24) is 15.5 Å². The maximum Gasteiger partial charge on any atom is 0.408 e. The van der Waals surface area contributed by atoms with E-state index in [9.17, 15) is 14.4 Å². The molecule has 1 aromatic carbocycles. The molecule has 2 atom stereocenters. The lowest BCUT2D eigenvalue weighted by atomic mass is 9.89. The Bertz CT molecular complexity index is 909. The number of carbonyl (C=O) groups excluding carboxylic acids is 3. The predicted octanol–water partition coefficient (Wildman–Crippen LogP) is 5.53. The number of hydrogen-bond acceptors (Lipinski definition) is 5. The number of amides is 3. The van der Waals surface area contributed by atoms with Crippen molar-refractivity contribution in [2.75, 3.05) is 12.0 Å². The fraction of sp³-hybridized carbons (Fsp3) is 0.679.